The molecule has 0 radical (unpaired) electrons. The first-order valence-electron chi connectivity index (χ1n) is 9.55. The van der Waals surface area contributed by atoms with Crippen LogP contribution in [0.15, 0.2) is 53.9 Å². The van der Waals surface area contributed by atoms with Crippen molar-refractivity contribution in [3.8, 4) is 0 Å². The molecule has 0 atom stereocenters. The van der Waals surface area contributed by atoms with Gasteiger partial charge in [0.2, 0.25) is 0 Å². The molecule has 176 valence electrons. The summed E-state index contributed by atoms with van der Waals surface area (Å²) < 4.78 is 76.5. The van der Waals surface area contributed by atoms with E-state index in [1.165, 1.54) is 11.3 Å². The predicted octanol–water partition coefficient (Wildman–Crippen LogP) is 5.72. The molecule has 32 heavy (non-hydrogen) atoms. The fraction of sp³-hybridized carbons (Fsp3) is 0.364. The average Bonchev–Trinajstić information content (AvgIpc) is 3.17. The molecule has 0 aliphatic carbocycles. The Kier molecular flexibility index (Phi) is 8.33. The molecule has 0 amide bonds. The fourth-order valence-corrected chi connectivity index (χ4v) is 3.79. The number of benzene rings is 1. The Morgan fingerprint density at radius 2 is 1.59 bits per heavy atom. The van der Waals surface area contributed by atoms with Crippen molar-refractivity contribution in [3.63, 3.8) is 0 Å². The SMILES string of the molecule is CCC(=CC=CC(O)(C(F)(F)F)C(F)(F)F)c1csc(CCc2ccc(C(O)O)cc2)c1. The van der Waals surface area contributed by atoms with E-state index in [0.29, 0.717) is 42.0 Å². The number of allylic oxidation sites excluding steroid dienone is 3. The Bertz CT molecular complexity index is 926. The van der Waals surface area contributed by atoms with Gasteiger partial charge in [-0.05, 0) is 53.5 Å². The number of hydrogen-bond acceptors (Lipinski definition) is 4. The number of thiophene rings is 1. The van der Waals surface area contributed by atoms with Crippen molar-refractivity contribution in [3.05, 3.63) is 75.5 Å². The van der Waals surface area contributed by atoms with E-state index in [0.717, 1.165) is 16.5 Å². The van der Waals surface area contributed by atoms with E-state index < -0.39 is 24.2 Å². The molecule has 3 nitrogen and oxygen atoms in total. The van der Waals surface area contributed by atoms with Crippen molar-refractivity contribution in [1.29, 1.82) is 0 Å². The Balaban J connectivity index is 2.12. The van der Waals surface area contributed by atoms with E-state index in [1.807, 2.05) is 6.07 Å². The highest BCUT2D eigenvalue weighted by Crippen LogP contribution is 2.44. The first kappa shape index (κ1) is 26.1. The Labute approximate surface area is 185 Å². The van der Waals surface area contributed by atoms with E-state index in [9.17, 15) is 31.4 Å². The number of halogens is 6. The number of aliphatic hydroxyl groups excluding tert-OH is 1. The van der Waals surface area contributed by atoms with Crippen LogP contribution in [0.5, 0.6) is 0 Å². The lowest BCUT2D eigenvalue weighted by Crippen LogP contribution is -2.55. The lowest BCUT2D eigenvalue weighted by molar-refractivity contribution is -0.347. The molecule has 0 saturated heterocycles. The van der Waals surface area contributed by atoms with Gasteiger partial charge in [-0.25, -0.2) is 0 Å². The van der Waals surface area contributed by atoms with Gasteiger partial charge in [0, 0.05) is 10.4 Å². The Morgan fingerprint density at radius 1 is 1.00 bits per heavy atom. The predicted molar refractivity (Wildman–Crippen MR) is 110 cm³/mol. The maximum Gasteiger partial charge on any atom is 0.430 e. The van der Waals surface area contributed by atoms with Crippen LogP contribution in [0.3, 0.4) is 0 Å². The summed E-state index contributed by atoms with van der Waals surface area (Å²) in [5.41, 5.74) is -2.37. The van der Waals surface area contributed by atoms with Gasteiger partial charge in [-0.2, -0.15) is 26.3 Å². The van der Waals surface area contributed by atoms with Crippen molar-refractivity contribution >= 4 is 16.9 Å². The van der Waals surface area contributed by atoms with Crippen molar-refractivity contribution in [2.24, 2.45) is 0 Å². The third-order valence-corrected chi connectivity index (χ3v) is 5.84. The smallest absolute Gasteiger partial charge is 0.370 e. The van der Waals surface area contributed by atoms with Gasteiger partial charge >= 0.3 is 12.4 Å². The molecule has 0 spiro atoms. The van der Waals surface area contributed by atoms with E-state index in [4.69, 9.17) is 10.2 Å². The minimum absolute atomic E-state index is 0.289. The van der Waals surface area contributed by atoms with Crippen LogP contribution in [-0.2, 0) is 12.8 Å². The molecule has 1 heterocycles. The van der Waals surface area contributed by atoms with Gasteiger partial charge in [-0.3, -0.25) is 0 Å². The quantitative estimate of drug-likeness (QED) is 0.257. The topological polar surface area (TPSA) is 60.7 Å². The highest BCUT2D eigenvalue weighted by atomic mass is 32.1. The van der Waals surface area contributed by atoms with E-state index in [-0.39, 0.29) is 6.08 Å². The van der Waals surface area contributed by atoms with Gasteiger partial charge in [0.05, 0.1) is 0 Å². The molecular formula is C22H22F6O3S. The monoisotopic (exact) mass is 480 g/mol. The Hall–Kier alpha value is -2.14. The van der Waals surface area contributed by atoms with Gasteiger partial charge in [-0.1, -0.05) is 43.3 Å². The molecule has 1 aromatic carbocycles. The number of aliphatic hydroxyl groups is 3. The largest absolute Gasteiger partial charge is 0.430 e. The molecular weight excluding hydrogens is 458 g/mol. The molecule has 0 aliphatic rings. The van der Waals surface area contributed by atoms with Gasteiger partial charge < -0.3 is 15.3 Å². The molecule has 0 aliphatic heterocycles. The van der Waals surface area contributed by atoms with E-state index in [2.05, 4.69) is 0 Å². The summed E-state index contributed by atoms with van der Waals surface area (Å²) in [7, 11) is 0. The molecule has 2 rings (SSSR count). The third-order valence-electron chi connectivity index (χ3n) is 4.84. The number of aryl methyl sites for hydroxylation is 2. The zero-order valence-electron chi connectivity index (χ0n) is 16.9. The maximum absolute atomic E-state index is 12.8. The lowest BCUT2D eigenvalue weighted by Gasteiger charge is -2.29. The summed E-state index contributed by atoms with van der Waals surface area (Å²) in [6.45, 7) is 1.72. The summed E-state index contributed by atoms with van der Waals surface area (Å²) in [6, 6.07) is 8.57. The molecule has 0 fully saturated rings. The molecule has 10 heteroatoms. The van der Waals surface area contributed by atoms with Crippen LogP contribution >= 0.6 is 11.3 Å². The maximum atomic E-state index is 12.8. The first-order valence-corrected chi connectivity index (χ1v) is 10.4. The van der Waals surface area contributed by atoms with Crippen LogP contribution in [-0.4, -0.2) is 33.3 Å². The lowest BCUT2D eigenvalue weighted by atomic mass is 10.0. The second-order valence-electron chi connectivity index (χ2n) is 7.08. The van der Waals surface area contributed by atoms with Crippen molar-refractivity contribution in [1.82, 2.24) is 0 Å². The molecule has 0 unspecified atom stereocenters. The minimum Gasteiger partial charge on any atom is -0.370 e. The van der Waals surface area contributed by atoms with Crippen molar-refractivity contribution in [2.75, 3.05) is 0 Å². The van der Waals surface area contributed by atoms with Crippen LogP contribution in [0.25, 0.3) is 5.57 Å². The van der Waals surface area contributed by atoms with Crippen LogP contribution < -0.4 is 0 Å². The minimum atomic E-state index is -5.90. The van der Waals surface area contributed by atoms with Crippen LogP contribution in [0.1, 0.15) is 41.2 Å². The van der Waals surface area contributed by atoms with Gasteiger partial charge in [0.1, 0.15) is 0 Å². The van der Waals surface area contributed by atoms with Crippen LogP contribution in [0, 0.1) is 0 Å². The molecule has 3 N–H and O–H groups in total. The highest BCUT2D eigenvalue weighted by molar-refractivity contribution is 7.10. The summed E-state index contributed by atoms with van der Waals surface area (Å²) in [5, 5.41) is 29.2. The van der Waals surface area contributed by atoms with Crippen LogP contribution in [0.4, 0.5) is 26.3 Å². The number of hydrogen-bond donors (Lipinski definition) is 3. The highest BCUT2D eigenvalue weighted by Gasteiger charge is 2.68. The van der Waals surface area contributed by atoms with Gasteiger partial charge in [-0.15, -0.1) is 11.3 Å². The third kappa shape index (κ3) is 6.22. The van der Waals surface area contributed by atoms with E-state index >= 15 is 0 Å². The van der Waals surface area contributed by atoms with Crippen LogP contribution in [0.2, 0.25) is 0 Å². The summed E-state index contributed by atoms with van der Waals surface area (Å²) in [4.78, 5) is 0.969. The fourth-order valence-electron chi connectivity index (χ4n) is 2.88. The normalized spacial score (nSPS) is 14.0. The average molecular weight is 480 g/mol. The number of alkyl halides is 6. The van der Waals surface area contributed by atoms with Gasteiger partial charge in [0.15, 0.2) is 6.29 Å². The molecule has 2 aromatic rings. The van der Waals surface area contributed by atoms with Crippen molar-refractivity contribution < 1.29 is 41.7 Å². The molecule has 0 bridgehead atoms. The second kappa shape index (κ2) is 10.2. The summed E-state index contributed by atoms with van der Waals surface area (Å²) in [5.74, 6) is 0. The standard InChI is InChI=1S/C22H22F6O3S/c1-2-15(4-3-11-20(31,21(23,24)25)22(26,27)28)17-12-18(32-13-17)10-7-14-5-8-16(9-6-14)19(29)30/h3-6,8-9,11-13,19,29-31H,2,7,10H2,1H3. The zero-order chi connectivity index (χ0) is 24.2. The summed E-state index contributed by atoms with van der Waals surface area (Å²) in [6.07, 6.45) is -10.2. The van der Waals surface area contributed by atoms with Gasteiger partial charge in [0.25, 0.3) is 5.60 Å². The van der Waals surface area contributed by atoms with Crippen molar-refractivity contribution in [2.45, 2.75) is 50.4 Å². The summed E-state index contributed by atoms with van der Waals surface area (Å²) >= 11 is 1.41. The zero-order valence-corrected chi connectivity index (χ0v) is 17.7. The first-order chi connectivity index (χ1) is 14.8. The van der Waals surface area contributed by atoms with E-state index in [1.54, 1.807) is 36.6 Å². The molecule has 1 aromatic heterocycles. The Morgan fingerprint density at radius 3 is 2.09 bits per heavy atom. The number of rotatable bonds is 8. The second-order valence-corrected chi connectivity index (χ2v) is 8.08. The molecule has 0 saturated carbocycles.